The summed E-state index contributed by atoms with van der Waals surface area (Å²) in [5.41, 5.74) is 1.54. The van der Waals surface area contributed by atoms with Crippen LogP contribution in [-0.4, -0.2) is 33.6 Å². The quantitative estimate of drug-likeness (QED) is 0.898. The first-order chi connectivity index (χ1) is 10.1. The fraction of sp³-hybridized carbons (Fsp3) is 0.400. The lowest BCUT2D eigenvalue weighted by Crippen LogP contribution is -2.38. The van der Waals surface area contributed by atoms with Gasteiger partial charge in [0.2, 0.25) is 0 Å². The maximum Gasteiger partial charge on any atom is 0.335 e. The molecule has 0 bridgehead atoms. The monoisotopic (exact) mass is 349 g/mol. The van der Waals surface area contributed by atoms with Crippen molar-refractivity contribution in [3.05, 3.63) is 28.4 Å². The first kappa shape index (κ1) is 14.3. The molecule has 1 fully saturated rings. The van der Waals surface area contributed by atoms with E-state index in [1.807, 2.05) is 0 Å². The molecule has 21 heavy (non-hydrogen) atoms. The molecular formula is C15H16BrN3O2. The first-order valence-corrected chi connectivity index (χ1v) is 7.83. The van der Waals surface area contributed by atoms with E-state index in [9.17, 15) is 4.79 Å². The van der Waals surface area contributed by atoms with Crippen molar-refractivity contribution >= 4 is 38.8 Å². The number of rotatable bonds is 2. The zero-order valence-corrected chi connectivity index (χ0v) is 13.3. The van der Waals surface area contributed by atoms with E-state index < -0.39 is 5.97 Å². The minimum atomic E-state index is -0.950. The van der Waals surface area contributed by atoms with Gasteiger partial charge >= 0.3 is 5.97 Å². The van der Waals surface area contributed by atoms with Crippen LogP contribution in [0, 0.1) is 0 Å². The molecule has 2 heterocycles. The summed E-state index contributed by atoms with van der Waals surface area (Å²) >= 11 is 3.50. The Bertz CT molecular complexity index is 705. The number of carbonyl (C=O) groups is 1. The number of halogens is 1. The summed E-state index contributed by atoms with van der Waals surface area (Å²) < 4.78 is 0.715. The van der Waals surface area contributed by atoms with Crippen molar-refractivity contribution in [3.63, 3.8) is 0 Å². The SMILES string of the molecule is CC1CCCCN1c1nc2cc(C(=O)O)ccc2nc1Br. The smallest absolute Gasteiger partial charge is 0.335 e. The normalized spacial score (nSPS) is 19.0. The van der Waals surface area contributed by atoms with Crippen molar-refractivity contribution in [1.82, 2.24) is 9.97 Å². The van der Waals surface area contributed by atoms with Gasteiger partial charge in [0.1, 0.15) is 4.60 Å². The number of fused-ring (bicyclic) bond motifs is 1. The number of carboxylic acid groups (broad SMARTS) is 1. The van der Waals surface area contributed by atoms with Gasteiger partial charge in [0.25, 0.3) is 0 Å². The van der Waals surface area contributed by atoms with Crippen LogP contribution in [0.5, 0.6) is 0 Å². The van der Waals surface area contributed by atoms with E-state index >= 15 is 0 Å². The van der Waals surface area contributed by atoms with Gasteiger partial charge in [-0.2, -0.15) is 0 Å². The summed E-state index contributed by atoms with van der Waals surface area (Å²) in [6, 6.07) is 5.24. The van der Waals surface area contributed by atoms with Crippen LogP contribution in [0.1, 0.15) is 36.5 Å². The molecule has 1 atom stereocenters. The Balaban J connectivity index is 2.09. The van der Waals surface area contributed by atoms with E-state index in [1.165, 1.54) is 6.42 Å². The van der Waals surface area contributed by atoms with E-state index in [-0.39, 0.29) is 5.56 Å². The molecule has 1 saturated heterocycles. The Labute approximate surface area is 131 Å². The Morgan fingerprint density at radius 2 is 2.14 bits per heavy atom. The summed E-state index contributed by atoms with van der Waals surface area (Å²) in [5.74, 6) is -0.147. The predicted octanol–water partition coefficient (Wildman–Crippen LogP) is 3.47. The molecule has 0 radical (unpaired) electrons. The molecule has 110 valence electrons. The van der Waals surface area contributed by atoms with Gasteiger partial charge in [0.15, 0.2) is 5.82 Å². The maximum atomic E-state index is 11.1. The zero-order chi connectivity index (χ0) is 15.0. The summed E-state index contributed by atoms with van der Waals surface area (Å²) in [5, 5.41) is 9.09. The van der Waals surface area contributed by atoms with Crippen LogP contribution in [0.15, 0.2) is 22.8 Å². The number of hydrogen-bond donors (Lipinski definition) is 1. The average molecular weight is 350 g/mol. The molecule has 0 amide bonds. The molecule has 3 rings (SSSR count). The molecule has 0 saturated carbocycles. The molecule has 0 aliphatic carbocycles. The van der Waals surface area contributed by atoms with Crippen molar-refractivity contribution in [2.75, 3.05) is 11.4 Å². The van der Waals surface area contributed by atoms with Crippen LogP contribution in [0.25, 0.3) is 11.0 Å². The van der Waals surface area contributed by atoms with Crippen LogP contribution in [-0.2, 0) is 0 Å². The molecule has 1 aromatic carbocycles. The first-order valence-electron chi connectivity index (χ1n) is 7.03. The number of piperidine rings is 1. The van der Waals surface area contributed by atoms with Crippen LogP contribution in [0.2, 0.25) is 0 Å². The highest BCUT2D eigenvalue weighted by Gasteiger charge is 2.23. The van der Waals surface area contributed by atoms with Crippen LogP contribution in [0.3, 0.4) is 0 Å². The van der Waals surface area contributed by atoms with Crippen LogP contribution < -0.4 is 4.90 Å². The van der Waals surface area contributed by atoms with E-state index in [0.29, 0.717) is 21.7 Å². The van der Waals surface area contributed by atoms with Crippen molar-refractivity contribution in [3.8, 4) is 0 Å². The topological polar surface area (TPSA) is 66.3 Å². The van der Waals surface area contributed by atoms with Gasteiger partial charge in [0.05, 0.1) is 16.6 Å². The lowest BCUT2D eigenvalue weighted by Gasteiger charge is -2.34. The third-order valence-electron chi connectivity index (χ3n) is 3.93. The largest absolute Gasteiger partial charge is 0.478 e. The maximum absolute atomic E-state index is 11.1. The van der Waals surface area contributed by atoms with E-state index in [1.54, 1.807) is 18.2 Å². The molecule has 1 unspecified atom stereocenters. The van der Waals surface area contributed by atoms with Crippen molar-refractivity contribution < 1.29 is 9.90 Å². The van der Waals surface area contributed by atoms with Gasteiger partial charge < -0.3 is 10.0 Å². The molecule has 1 N–H and O–H groups in total. The van der Waals surface area contributed by atoms with Crippen molar-refractivity contribution in [1.29, 1.82) is 0 Å². The molecule has 6 heteroatoms. The lowest BCUT2D eigenvalue weighted by atomic mass is 10.0. The Hall–Kier alpha value is -1.69. The highest BCUT2D eigenvalue weighted by molar-refractivity contribution is 9.10. The number of aromatic carboxylic acids is 1. The van der Waals surface area contributed by atoms with Gasteiger partial charge in [-0.1, -0.05) is 0 Å². The average Bonchev–Trinajstić information content (AvgIpc) is 2.47. The van der Waals surface area contributed by atoms with Crippen molar-refractivity contribution in [2.45, 2.75) is 32.2 Å². The molecule has 1 aromatic heterocycles. The fourth-order valence-electron chi connectivity index (χ4n) is 2.75. The number of anilines is 1. The van der Waals surface area contributed by atoms with Gasteiger partial charge in [0, 0.05) is 12.6 Å². The summed E-state index contributed by atoms with van der Waals surface area (Å²) in [4.78, 5) is 22.5. The minimum absolute atomic E-state index is 0.233. The van der Waals surface area contributed by atoms with Crippen molar-refractivity contribution in [2.24, 2.45) is 0 Å². The number of benzene rings is 1. The molecule has 5 nitrogen and oxygen atoms in total. The molecular weight excluding hydrogens is 334 g/mol. The Morgan fingerprint density at radius 3 is 2.86 bits per heavy atom. The summed E-state index contributed by atoms with van der Waals surface area (Å²) in [6.07, 6.45) is 3.52. The van der Waals surface area contributed by atoms with Gasteiger partial charge in [-0.15, -0.1) is 0 Å². The molecule has 2 aromatic rings. The van der Waals surface area contributed by atoms with Crippen LogP contribution in [0.4, 0.5) is 5.82 Å². The molecule has 0 spiro atoms. The third-order valence-corrected chi connectivity index (χ3v) is 4.46. The van der Waals surface area contributed by atoms with Gasteiger partial charge in [-0.05, 0) is 60.3 Å². The lowest BCUT2D eigenvalue weighted by molar-refractivity contribution is 0.0697. The second-order valence-electron chi connectivity index (χ2n) is 5.38. The molecule has 1 aliphatic heterocycles. The minimum Gasteiger partial charge on any atom is -0.478 e. The highest BCUT2D eigenvalue weighted by atomic mass is 79.9. The number of hydrogen-bond acceptors (Lipinski definition) is 4. The van der Waals surface area contributed by atoms with E-state index in [2.05, 4.69) is 37.7 Å². The fourth-order valence-corrected chi connectivity index (χ4v) is 3.26. The third kappa shape index (κ3) is 2.72. The second-order valence-corrected chi connectivity index (χ2v) is 6.14. The standard InChI is InChI=1S/C15H16BrN3O2/c1-9-4-2-3-7-19(9)14-13(16)17-11-6-5-10(15(20)21)8-12(11)18-14/h5-6,8-9H,2-4,7H2,1H3,(H,20,21). The van der Waals surface area contributed by atoms with Gasteiger partial charge in [-0.3, -0.25) is 0 Å². The Morgan fingerprint density at radius 1 is 1.33 bits per heavy atom. The summed E-state index contributed by atoms with van der Waals surface area (Å²) in [6.45, 7) is 3.14. The van der Waals surface area contributed by atoms with Gasteiger partial charge in [-0.25, -0.2) is 14.8 Å². The summed E-state index contributed by atoms with van der Waals surface area (Å²) in [7, 11) is 0. The molecule has 1 aliphatic rings. The van der Waals surface area contributed by atoms with E-state index in [0.717, 1.165) is 25.2 Å². The van der Waals surface area contributed by atoms with E-state index in [4.69, 9.17) is 5.11 Å². The van der Waals surface area contributed by atoms with Crippen LogP contribution >= 0.6 is 15.9 Å². The predicted molar refractivity (Wildman–Crippen MR) is 84.9 cm³/mol. The number of nitrogens with zero attached hydrogens (tertiary/aromatic N) is 3. The highest BCUT2D eigenvalue weighted by Crippen LogP contribution is 2.30. The number of carboxylic acids is 1. The Kier molecular flexibility index (Phi) is 3.80. The second kappa shape index (κ2) is 5.60. The number of aromatic nitrogens is 2. The zero-order valence-electron chi connectivity index (χ0n) is 11.7.